The molecule has 0 spiro atoms. The van der Waals surface area contributed by atoms with Gasteiger partial charge in [-0.3, -0.25) is 4.79 Å². The monoisotopic (exact) mass is 207 g/mol. The van der Waals surface area contributed by atoms with Gasteiger partial charge in [-0.05, 0) is 12.1 Å². The molecular formula is C11H17N3O. The fourth-order valence-corrected chi connectivity index (χ4v) is 1.12. The van der Waals surface area contributed by atoms with Gasteiger partial charge in [-0.2, -0.15) is 0 Å². The van der Waals surface area contributed by atoms with Gasteiger partial charge in [0, 0.05) is 25.2 Å². The highest BCUT2D eigenvalue weighted by Crippen LogP contribution is 1.99. The van der Waals surface area contributed by atoms with Gasteiger partial charge < -0.3 is 10.6 Å². The molecule has 1 aromatic rings. The smallest absolute Gasteiger partial charge is 0.226 e. The molecule has 0 radical (unpaired) electrons. The number of anilines is 1. The summed E-state index contributed by atoms with van der Waals surface area (Å²) in [7, 11) is 0. The Morgan fingerprint density at radius 1 is 1.47 bits per heavy atom. The van der Waals surface area contributed by atoms with Gasteiger partial charge in [-0.1, -0.05) is 19.9 Å². The largest absolute Gasteiger partial charge is 0.314 e. The van der Waals surface area contributed by atoms with E-state index in [1.54, 1.807) is 12.3 Å². The average molecular weight is 207 g/mol. The Bertz CT molecular complexity index is 298. The zero-order valence-electron chi connectivity index (χ0n) is 9.16. The second kappa shape index (κ2) is 6.14. The van der Waals surface area contributed by atoms with Crippen LogP contribution in [0, 0.1) is 0 Å². The molecular weight excluding hydrogens is 190 g/mol. The molecule has 1 amide bonds. The van der Waals surface area contributed by atoms with Crippen molar-refractivity contribution in [3.63, 3.8) is 0 Å². The van der Waals surface area contributed by atoms with Gasteiger partial charge in [0.05, 0.1) is 0 Å². The number of carbonyl (C=O) groups is 1. The van der Waals surface area contributed by atoms with E-state index in [4.69, 9.17) is 0 Å². The van der Waals surface area contributed by atoms with Crippen molar-refractivity contribution in [2.24, 2.45) is 0 Å². The maximum absolute atomic E-state index is 11.4. The van der Waals surface area contributed by atoms with E-state index in [1.807, 2.05) is 12.1 Å². The summed E-state index contributed by atoms with van der Waals surface area (Å²) < 4.78 is 0. The first kappa shape index (κ1) is 11.7. The molecule has 4 nitrogen and oxygen atoms in total. The number of amides is 1. The number of hydrogen-bond donors (Lipinski definition) is 2. The number of hydrogen-bond acceptors (Lipinski definition) is 3. The highest BCUT2D eigenvalue weighted by atomic mass is 16.1. The molecule has 1 rings (SSSR count). The van der Waals surface area contributed by atoms with Crippen molar-refractivity contribution >= 4 is 11.7 Å². The Kier molecular flexibility index (Phi) is 4.77. The van der Waals surface area contributed by atoms with Gasteiger partial charge in [0.15, 0.2) is 0 Å². The molecule has 0 unspecified atom stereocenters. The van der Waals surface area contributed by atoms with Gasteiger partial charge in [0.25, 0.3) is 0 Å². The molecule has 0 saturated heterocycles. The van der Waals surface area contributed by atoms with E-state index in [9.17, 15) is 4.79 Å². The fourth-order valence-electron chi connectivity index (χ4n) is 1.12. The van der Waals surface area contributed by atoms with E-state index in [-0.39, 0.29) is 5.91 Å². The molecule has 4 heteroatoms. The molecule has 0 aliphatic heterocycles. The number of nitrogens with one attached hydrogen (secondary N) is 2. The maximum atomic E-state index is 11.4. The lowest BCUT2D eigenvalue weighted by Gasteiger charge is -2.07. The lowest BCUT2D eigenvalue weighted by molar-refractivity contribution is -0.116. The molecule has 0 atom stereocenters. The molecule has 0 aliphatic rings. The molecule has 0 aliphatic carbocycles. The fraction of sp³-hybridized carbons (Fsp3) is 0.455. The molecule has 82 valence electrons. The van der Waals surface area contributed by atoms with Crippen LogP contribution in [0.3, 0.4) is 0 Å². The van der Waals surface area contributed by atoms with Crippen LogP contribution in [0.5, 0.6) is 0 Å². The number of nitrogens with zero attached hydrogens (tertiary/aromatic N) is 1. The van der Waals surface area contributed by atoms with Crippen LogP contribution in [0.2, 0.25) is 0 Å². The van der Waals surface area contributed by atoms with Crippen LogP contribution >= 0.6 is 0 Å². The normalized spacial score (nSPS) is 10.3. The minimum atomic E-state index is -0.0122. The second-order valence-corrected chi connectivity index (χ2v) is 3.62. The standard InChI is InChI=1S/C11H17N3O/c1-9(2)12-8-6-11(15)14-10-5-3-4-7-13-10/h3-5,7,9,12H,6,8H2,1-2H3,(H,13,14,15). The van der Waals surface area contributed by atoms with Crippen molar-refractivity contribution in [1.29, 1.82) is 0 Å². The Morgan fingerprint density at radius 3 is 2.87 bits per heavy atom. The van der Waals surface area contributed by atoms with E-state index in [0.29, 0.717) is 24.8 Å². The minimum absolute atomic E-state index is 0.0122. The summed E-state index contributed by atoms with van der Waals surface area (Å²) >= 11 is 0. The van der Waals surface area contributed by atoms with E-state index in [1.165, 1.54) is 0 Å². The molecule has 1 aromatic heterocycles. The topological polar surface area (TPSA) is 54.0 Å². The number of pyridine rings is 1. The quantitative estimate of drug-likeness (QED) is 0.767. The zero-order chi connectivity index (χ0) is 11.1. The number of aromatic nitrogens is 1. The lowest BCUT2D eigenvalue weighted by Crippen LogP contribution is -2.27. The van der Waals surface area contributed by atoms with Gasteiger partial charge in [-0.15, -0.1) is 0 Å². The van der Waals surface area contributed by atoms with Crippen molar-refractivity contribution in [1.82, 2.24) is 10.3 Å². The molecule has 1 heterocycles. The summed E-state index contributed by atoms with van der Waals surface area (Å²) in [5.41, 5.74) is 0. The van der Waals surface area contributed by atoms with Crippen LogP contribution in [0.25, 0.3) is 0 Å². The third-order valence-electron chi connectivity index (χ3n) is 1.84. The predicted molar refractivity (Wildman–Crippen MR) is 60.6 cm³/mol. The first-order chi connectivity index (χ1) is 7.18. The van der Waals surface area contributed by atoms with Gasteiger partial charge in [0.1, 0.15) is 5.82 Å². The molecule has 0 bridgehead atoms. The number of rotatable bonds is 5. The van der Waals surface area contributed by atoms with Crippen molar-refractivity contribution in [3.8, 4) is 0 Å². The summed E-state index contributed by atoms with van der Waals surface area (Å²) in [6.07, 6.45) is 2.12. The SMILES string of the molecule is CC(C)NCCC(=O)Nc1ccccn1. The summed E-state index contributed by atoms with van der Waals surface area (Å²) in [4.78, 5) is 15.4. The summed E-state index contributed by atoms with van der Waals surface area (Å²) in [5, 5.41) is 5.91. The van der Waals surface area contributed by atoms with Crippen molar-refractivity contribution < 1.29 is 4.79 Å². The van der Waals surface area contributed by atoms with E-state index >= 15 is 0 Å². The first-order valence-electron chi connectivity index (χ1n) is 5.13. The van der Waals surface area contributed by atoms with Crippen LogP contribution in [-0.4, -0.2) is 23.5 Å². The maximum Gasteiger partial charge on any atom is 0.226 e. The second-order valence-electron chi connectivity index (χ2n) is 3.62. The Labute approximate surface area is 90.1 Å². The highest BCUT2D eigenvalue weighted by Gasteiger charge is 2.02. The Hall–Kier alpha value is -1.42. The third-order valence-corrected chi connectivity index (χ3v) is 1.84. The van der Waals surface area contributed by atoms with Crippen LogP contribution in [0.15, 0.2) is 24.4 Å². The predicted octanol–water partition coefficient (Wildman–Crippen LogP) is 1.41. The zero-order valence-corrected chi connectivity index (χ0v) is 9.16. The molecule has 2 N–H and O–H groups in total. The van der Waals surface area contributed by atoms with Crippen molar-refractivity contribution in [2.75, 3.05) is 11.9 Å². The van der Waals surface area contributed by atoms with Crippen molar-refractivity contribution in [2.45, 2.75) is 26.3 Å². The molecule has 0 fully saturated rings. The molecule has 15 heavy (non-hydrogen) atoms. The average Bonchev–Trinajstić information content (AvgIpc) is 2.18. The Morgan fingerprint density at radius 2 is 2.27 bits per heavy atom. The molecule has 0 aromatic carbocycles. The van der Waals surface area contributed by atoms with E-state index < -0.39 is 0 Å². The van der Waals surface area contributed by atoms with Gasteiger partial charge in [-0.25, -0.2) is 4.98 Å². The van der Waals surface area contributed by atoms with E-state index in [0.717, 1.165) is 0 Å². The Balaban J connectivity index is 2.25. The summed E-state index contributed by atoms with van der Waals surface area (Å²) in [5.74, 6) is 0.592. The van der Waals surface area contributed by atoms with E-state index in [2.05, 4.69) is 29.5 Å². The lowest BCUT2D eigenvalue weighted by atomic mass is 10.3. The molecule has 0 saturated carbocycles. The van der Waals surface area contributed by atoms with Gasteiger partial charge >= 0.3 is 0 Å². The van der Waals surface area contributed by atoms with Crippen LogP contribution in [0.4, 0.5) is 5.82 Å². The highest BCUT2D eigenvalue weighted by molar-refractivity contribution is 5.89. The first-order valence-corrected chi connectivity index (χ1v) is 5.13. The third kappa shape index (κ3) is 5.12. The minimum Gasteiger partial charge on any atom is -0.314 e. The summed E-state index contributed by atoms with van der Waals surface area (Å²) in [6, 6.07) is 5.84. The summed E-state index contributed by atoms with van der Waals surface area (Å²) in [6.45, 7) is 4.80. The van der Waals surface area contributed by atoms with Crippen molar-refractivity contribution in [3.05, 3.63) is 24.4 Å². The van der Waals surface area contributed by atoms with Crippen LogP contribution in [-0.2, 0) is 4.79 Å². The van der Waals surface area contributed by atoms with Gasteiger partial charge in [0.2, 0.25) is 5.91 Å². The number of carbonyl (C=O) groups excluding carboxylic acids is 1. The van der Waals surface area contributed by atoms with Crippen LogP contribution < -0.4 is 10.6 Å². The van der Waals surface area contributed by atoms with Crippen LogP contribution in [0.1, 0.15) is 20.3 Å².